The van der Waals surface area contributed by atoms with E-state index in [4.69, 9.17) is 9.47 Å². The Balaban J connectivity index is 1.68. The quantitative estimate of drug-likeness (QED) is 0.302. The van der Waals surface area contributed by atoms with Gasteiger partial charge in [0, 0.05) is 0 Å². The van der Waals surface area contributed by atoms with Gasteiger partial charge in [-0.1, -0.05) is 36.4 Å². The summed E-state index contributed by atoms with van der Waals surface area (Å²) in [6.07, 6.45) is 1.44. The fraction of sp³-hybridized carbons (Fsp3) is 0.179. The molecule has 0 aromatic heterocycles. The van der Waals surface area contributed by atoms with Crippen LogP contribution in [-0.2, 0) is 16.2 Å². The molecule has 3 aromatic carbocycles. The minimum Gasteiger partial charge on any atom is -0.490 e. The number of carbonyl (C=O) groups is 3. The molecule has 0 aliphatic carbocycles. The molecule has 1 fully saturated rings. The number of barbiturate groups is 1. The first-order valence-corrected chi connectivity index (χ1v) is 12.2. The SMILES string of the molecule is CCOc1cc(C=C2C(=O)NC(=O)N(c3cc(C)cc(C)c3)C2=O)cc(Br)c1OCc1ccccc1. The lowest BCUT2D eigenvalue weighted by atomic mass is 10.0. The van der Waals surface area contributed by atoms with Gasteiger partial charge in [0.05, 0.1) is 16.8 Å². The molecule has 4 rings (SSSR count). The standard InChI is InChI=1S/C28H25BrN2O5/c1-4-35-24-15-20(14-23(29)25(24)36-16-19-8-6-5-7-9-19)13-22-26(32)30-28(34)31(27(22)33)21-11-17(2)10-18(3)12-21/h5-15H,4,16H2,1-3H3,(H,30,32,34). The number of hydrogen-bond acceptors (Lipinski definition) is 5. The summed E-state index contributed by atoms with van der Waals surface area (Å²) in [5, 5.41) is 2.26. The van der Waals surface area contributed by atoms with Crippen LogP contribution in [0.1, 0.15) is 29.2 Å². The van der Waals surface area contributed by atoms with Gasteiger partial charge in [0.25, 0.3) is 11.8 Å². The zero-order valence-electron chi connectivity index (χ0n) is 20.1. The first-order valence-electron chi connectivity index (χ1n) is 11.4. The second-order valence-corrected chi connectivity index (χ2v) is 9.20. The van der Waals surface area contributed by atoms with E-state index in [1.807, 2.05) is 57.2 Å². The molecule has 1 N–H and O–H groups in total. The maximum atomic E-state index is 13.3. The van der Waals surface area contributed by atoms with Crippen molar-refractivity contribution in [3.63, 3.8) is 0 Å². The van der Waals surface area contributed by atoms with Crippen LogP contribution in [0.25, 0.3) is 6.08 Å². The number of ether oxygens (including phenoxy) is 2. The molecule has 184 valence electrons. The second kappa shape index (κ2) is 10.8. The number of hydrogen-bond donors (Lipinski definition) is 1. The van der Waals surface area contributed by atoms with Crippen LogP contribution >= 0.6 is 15.9 Å². The average Bonchev–Trinajstić information content (AvgIpc) is 2.81. The summed E-state index contributed by atoms with van der Waals surface area (Å²) in [6, 6.07) is 17.8. The number of rotatable bonds is 7. The van der Waals surface area contributed by atoms with Crippen molar-refractivity contribution >= 4 is 45.5 Å². The monoisotopic (exact) mass is 548 g/mol. The van der Waals surface area contributed by atoms with Crippen LogP contribution in [0.5, 0.6) is 11.5 Å². The first-order chi connectivity index (χ1) is 17.3. The highest BCUT2D eigenvalue weighted by molar-refractivity contribution is 9.10. The van der Waals surface area contributed by atoms with Crippen molar-refractivity contribution in [3.8, 4) is 11.5 Å². The minimum absolute atomic E-state index is 0.166. The second-order valence-electron chi connectivity index (χ2n) is 8.34. The lowest BCUT2D eigenvalue weighted by Crippen LogP contribution is -2.54. The molecule has 0 saturated carbocycles. The minimum atomic E-state index is -0.784. The van der Waals surface area contributed by atoms with E-state index >= 15 is 0 Å². The molecule has 1 aliphatic heterocycles. The molecule has 0 atom stereocenters. The van der Waals surface area contributed by atoms with Crippen LogP contribution in [-0.4, -0.2) is 24.5 Å². The highest BCUT2D eigenvalue weighted by Gasteiger charge is 2.37. The van der Waals surface area contributed by atoms with E-state index < -0.39 is 17.8 Å². The normalized spacial score (nSPS) is 14.7. The van der Waals surface area contributed by atoms with Gasteiger partial charge in [-0.25, -0.2) is 9.69 Å². The van der Waals surface area contributed by atoms with E-state index in [9.17, 15) is 14.4 Å². The van der Waals surface area contributed by atoms with Crippen LogP contribution in [0, 0.1) is 13.8 Å². The summed E-state index contributed by atoms with van der Waals surface area (Å²) in [5.74, 6) is -0.494. The lowest BCUT2D eigenvalue weighted by molar-refractivity contribution is -0.122. The Morgan fingerprint density at radius 3 is 2.31 bits per heavy atom. The Kier molecular flexibility index (Phi) is 7.55. The number of anilines is 1. The Labute approximate surface area is 217 Å². The summed E-state index contributed by atoms with van der Waals surface area (Å²) >= 11 is 3.53. The van der Waals surface area contributed by atoms with E-state index in [1.54, 1.807) is 24.3 Å². The van der Waals surface area contributed by atoms with E-state index in [2.05, 4.69) is 21.2 Å². The zero-order chi connectivity index (χ0) is 25.8. The number of halogens is 1. The van der Waals surface area contributed by atoms with Crippen LogP contribution in [0.4, 0.5) is 10.5 Å². The third-order valence-electron chi connectivity index (χ3n) is 5.44. The Bertz CT molecular complexity index is 1350. The van der Waals surface area contributed by atoms with Gasteiger partial charge >= 0.3 is 6.03 Å². The van der Waals surface area contributed by atoms with Gasteiger partial charge < -0.3 is 9.47 Å². The van der Waals surface area contributed by atoms with E-state index in [0.717, 1.165) is 21.6 Å². The largest absolute Gasteiger partial charge is 0.490 e. The van der Waals surface area contributed by atoms with Gasteiger partial charge in [-0.15, -0.1) is 0 Å². The van der Waals surface area contributed by atoms with E-state index in [-0.39, 0.29) is 5.57 Å². The first kappa shape index (κ1) is 25.2. The summed E-state index contributed by atoms with van der Waals surface area (Å²) in [4.78, 5) is 39.5. The number of imide groups is 2. The van der Waals surface area contributed by atoms with Gasteiger partial charge in [0.15, 0.2) is 11.5 Å². The number of benzene rings is 3. The van der Waals surface area contributed by atoms with Crippen LogP contribution in [0.15, 0.2) is 70.7 Å². The number of aryl methyl sites for hydroxylation is 2. The summed E-state index contributed by atoms with van der Waals surface area (Å²) in [6.45, 7) is 6.33. The molecule has 1 saturated heterocycles. The molecule has 0 radical (unpaired) electrons. The predicted molar refractivity (Wildman–Crippen MR) is 141 cm³/mol. The summed E-state index contributed by atoms with van der Waals surface area (Å²) < 4.78 is 12.4. The highest BCUT2D eigenvalue weighted by atomic mass is 79.9. The van der Waals surface area contributed by atoms with Gasteiger partial charge in [0.2, 0.25) is 0 Å². The fourth-order valence-corrected chi connectivity index (χ4v) is 4.52. The number of nitrogens with zero attached hydrogens (tertiary/aromatic N) is 1. The van der Waals surface area contributed by atoms with Crippen molar-refractivity contribution in [2.24, 2.45) is 0 Å². The molecule has 36 heavy (non-hydrogen) atoms. The lowest BCUT2D eigenvalue weighted by Gasteiger charge is -2.27. The van der Waals surface area contributed by atoms with Crippen LogP contribution in [0.2, 0.25) is 0 Å². The summed E-state index contributed by atoms with van der Waals surface area (Å²) in [7, 11) is 0. The van der Waals surface area contributed by atoms with Crippen LogP contribution in [0.3, 0.4) is 0 Å². The van der Waals surface area contributed by atoms with Crippen LogP contribution < -0.4 is 19.7 Å². The Morgan fingerprint density at radius 1 is 0.944 bits per heavy atom. The summed E-state index contributed by atoms with van der Waals surface area (Å²) in [5.41, 5.74) is 3.55. The molecule has 3 aromatic rings. The number of amides is 4. The highest BCUT2D eigenvalue weighted by Crippen LogP contribution is 2.38. The molecule has 1 aliphatic rings. The van der Waals surface area contributed by atoms with E-state index in [1.165, 1.54) is 6.08 Å². The molecule has 4 amide bonds. The smallest absolute Gasteiger partial charge is 0.335 e. The van der Waals surface area contributed by atoms with Gasteiger partial charge in [-0.05, 0) is 89.3 Å². The van der Waals surface area contributed by atoms with Gasteiger partial charge in [0.1, 0.15) is 12.2 Å². The molecule has 7 nitrogen and oxygen atoms in total. The van der Waals surface area contributed by atoms with Crippen molar-refractivity contribution in [1.29, 1.82) is 0 Å². The number of urea groups is 1. The number of nitrogens with one attached hydrogen (secondary N) is 1. The van der Waals surface area contributed by atoms with Crippen molar-refractivity contribution in [2.75, 3.05) is 11.5 Å². The molecule has 1 heterocycles. The Morgan fingerprint density at radius 2 is 1.64 bits per heavy atom. The number of carbonyl (C=O) groups excluding carboxylic acids is 3. The van der Waals surface area contributed by atoms with E-state index in [0.29, 0.717) is 40.4 Å². The Hall–Kier alpha value is -3.91. The topological polar surface area (TPSA) is 84.9 Å². The van der Waals surface area contributed by atoms with Gasteiger partial charge in [-0.2, -0.15) is 0 Å². The third kappa shape index (κ3) is 5.49. The maximum Gasteiger partial charge on any atom is 0.335 e. The van der Waals surface area contributed by atoms with Gasteiger partial charge in [-0.3, -0.25) is 14.9 Å². The predicted octanol–water partition coefficient (Wildman–Crippen LogP) is 5.71. The maximum absolute atomic E-state index is 13.3. The van der Waals surface area contributed by atoms with Crippen molar-refractivity contribution in [3.05, 3.63) is 93.0 Å². The molecule has 8 heteroatoms. The van der Waals surface area contributed by atoms with Crippen molar-refractivity contribution < 1.29 is 23.9 Å². The van der Waals surface area contributed by atoms with Crippen molar-refractivity contribution in [2.45, 2.75) is 27.4 Å². The third-order valence-corrected chi connectivity index (χ3v) is 6.02. The molecule has 0 bridgehead atoms. The van der Waals surface area contributed by atoms with Crippen molar-refractivity contribution in [1.82, 2.24) is 5.32 Å². The average molecular weight is 549 g/mol. The molecular formula is C28H25BrN2O5. The molecule has 0 unspecified atom stereocenters. The molecule has 0 spiro atoms. The zero-order valence-corrected chi connectivity index (χ0v) is 21.7. The fourth-order valence-electron chi connectivity index (χ4n) is 3.94. The molecular weight excluding hydrogens is 524 g/mol.